The highest BCUT2D eigenvalue weighted by Gasteiger charge is 2.22. The first-order chi connectivity index (χ1) is 6.93. The molecule has 0 aromatic carbocycles. The van der Waals surface area contributed by atoms with E-state index in [0.717, 1.165) is 0 Å². The number of aryl methyl sites for hydroxylation is 1. The number of thiocarbonyl (C=S) groups is 1. The van der Waals surface area contributed by atoms with Gasteiger partial charge in [-0.25, -0.2) is 0 Å². The number of carbonyl (C=O) groups excluding carboxylic acids is 1. The summed E-state index contributed by atoms with van der Waals surface area (Å²) in [6.45, 7) is 3.50. The van der Waals surface area contributed by atoms with E-state index in [-0.39, 0.29) is 22.7 Å². The maximum atomic E-state index is 11.8. The van der Waals surface area contributed by atoms with E-state index in [1.807, 2.05) is 0 Å². The van der Waals surface area contributed by atoms with Crippen molar-refractivity contribution in [2.24, 2.45) is 5.73 Å². The molecule has 0 aliphatic rings. The molecule has 15 heavy (non-hydrogen) atoms. The summed E-state index contributed by atoms with van der Waals surface area (Å²) in [6, 6.07) is 1.27. The minimum absolute atomic E-state index is 0.193. The molecule has 0 saturated heterocycles. The van der Waals surface area contributed by atoms with Gasteiger partial charge in [-0.2, -0.15) is 0 Å². The summed E-state index contributed by atoms with van der Waals surface area (Å²) in [4.78, 5) is 13.5. The smallest absolute Gasteiger partial charge is 0.292 e. The van der Waals surface area contributed by atoms with Gasteiger partial charge in [0.05, 0.1) is 16.7 Å². The molecule has 2 N–H and O–H groups in total. The van der Waals surface area contributed by atoms with Crippen molar-refractivity contribution < 1.29 is 9.32 Å². The fourth-order valence-electron chi connectivity index (χ4n) is 1.00. The molecule has 0 fully saturated rings. The average Bonchev–Trinajstić information content (AvgIpc) is 2.61. The van der Waals surface area contributed by atoms with Gasteiger partial charge >= 0.3 is 0 Å². The van der Waals surface area contributed by atoms with Crippen LogP contribution in [0.2, 0.25) is 0 Å². The highest BCUT2D eigenvalue weighted by Crippen LogP contribution is 2.08. The third-order valence-corrected chi connectivity index (χ3v) is 2.49. The lowest BCUT2D eigenvalue weighted by molar-refractivity contribution is 0.0737. The topological polar surface area (TPSA) is 72.4 Å². The van der Waals surface area contributed by atoms with Crippen LogP contribution < -0.4 is 5.73 Å². The standard InChI is InChI=1S/C9H13N3O2S/c1-5-4-7(14-11-5)9(13)12(3)6(2)8(10)15/h4,6H,1-3H3,(H2,10,15). The molecule has 1 unspecified atom stereocenters. The molecule has 1 atom stereocenters. The molecule has 1 rings (SSSR count). The first-order valence-electron chi connectivity index (χ1n) is 4.43. The Bertz CT molecular complexity index is 388. The van der Waals surface area contributed by atoms with Crippen LogP contribution in [0.1, 0.15) is 23.2 Å². The van der Waals surface area contributed by atoms with Crippen LogP contribution in [0.15, 0.2) is 10.6 Å². The average molecular weight is 227 g/mol. The predicted molar refractivity (Wildman–Crippen MR) is 59.6 cm³/mol. The van der Waals surface area contributed by atoms with Gasteiger partial charge in [-0.3, -0.25) is 4.79 Å². The molecule has 1 amide bonds. The summed E-state index contributed by atoms with van der Waals surface area (Å²) in [7, 11) is 1.62. The lowest BCUT2D eigenvalue weighted by atomic mass is 10.2. The van der Waals surface area contributed by atoms with Crippen molar-refractivity contribution in [3.05, 3.63) is 17.5 Å². The highest BCUT2D eigenvalue weighted by molar-refractivity contribution is 7.80. The van der Waals surface area contributed by atoms with Crippen LogP contribution in [0.3, 0.4) is 0 Å². The van der Waals surface area contributed by atoms with Crippen LogP contribution in [0.25, 0.3) is 0 Å². The maximum Gasteiger partial charge on any atom is 0.292 e. The van der Waals surface area contributed by atoms with Crippen molar-refractivity contribution >= 4 is 23.1 Å². The van der Waals surface area contributed by atoms with Crippen molar-refractivity contribution in [1.82, 2.24) is 10.1 Å². The van der Waals surface area contributed by atoms with Crippen molar-refractivity contribution in [2.75, 3.05) is 7.05 Å². The molecule has 6 heteroatoms. The van der Waals surface area contributed by atoms with E-state index in [0.29, 0.717) is 5.69 Å². The van der Waals surface area contributed by atoms with Crippen LogP contribution in [-0.4, -0.2) is 34.0 Å². The van der Waals surface area contributed by atoms with Gasteiger partial charge in [0.25, 0.3) is 5.91 Å². The van der Waals surface area contributed by atoms with Gasteiger partial charge in [0.15, 0.2) is 0 Å². The second-order valence-corrected chi connectivity index (χ2v) is 3.80. The van der Waals surface area contributed by atoms with Crippen LogP contribution >= 0.6 is 12.2 Å². The van der Waals surface area contributed by atoms with Crippen molar-refractivity contribution in [3.63, 3.8) is 0 Å². The van der Waals surface area contributed by atoms with E-state index < -0.39 is 0 Å². The quantitative estimate of drug-likeness (QED) is 0.771. The molecule has 1 heterocycles. The Morgan fingerprint density at radius 2 is 2.33 bits per heavy atom. The summed E-state index contributed by atoms with van der Waals surface area (Å²) in [6.07, 6.45) is 0. The van der Waals surface area contributed by atoms with E-state index in [9.17, 15) is 4.79 Å². The largest absolute Gasteiger partial charge is 0.392 e. The predicted octanol–water partition coefficient (Wildman–Crippen LogP) is 0.730. The summed E-state index contributed by atoms with van der Waals surface area (Å²) >= 11 is 4.81. The number of hydrogen-bond acceptors (Lipinski definition) is 4. The zero-order chi connectivity index (χ0) is 11.6. The number of aromatic nitrogens is 1. The van der Waals surface area contributed by atoms with E-state index in [4.69, 9.17) is 22.5 Å². The second-order valence-electron chi connectivity index (χ2n) is 3.33. The van der Waals surface area contributed by atoms with Gasteiger partial charge in [0, 0.05) is 13.1 Å². The van der Waals surface area contributed by atoms with E-state index >= 15 is 0 Å². The summed E-state index contributed by atoms with van der Waals surface area (Å²) in [5.74, 6) is -0.0889. The number of likely N-dealkylation sites (N-methyl/N-ethyl adjacent to an activating group) is 1. The number of rotatable bonds is 3. The molecule has 0 aliphatic heterocycles. The molecule has 82 valence electrons. The fraction of sp³-hybridized carbons (Fsp3) is 0.444. The maximum absolute atomic E-state index is 11.8. The molecular weight excluding hydrogens is 214 g/mol. The lowest BCUT2D eigenvalue weighted by Crippen LogP contribution is -2.42. The van der Waals surface area contributed by atoms with Gasteiger partial charge in [-0.15, -0.1) is 0 Å². The third-order valence-electron chi connectivity index (χ3n) is 2.15. The normalized spacial score (nSPS) is 12.2. The Hall–Kier alpha value is -1.43. The Balaban J connectivity index is 2.81. The number of nitrogens with zero attached hydrogens (tertiary/aromatic N) is 2. The highest BCUT2D eigenvalue weighted by atomic mass is 32.1. The summed E-state index contributed by atoms with van der Waals surface area (Å²) in [5, 5.41) is 3.64. The van der Waals surface area contributed by atoms with Gasteiger partial charge in [0.1, 0.15) is 0 Å². The van der Waals surface area contributed by atoms with Gasteiger partial charge < -0.3 is 15.2 Å². The number of carbonyl (C=O) groups is 1. The summed E-state index contributed by atoms with van der Waals surface area (Å²) in [5.41, 5.74) is 6.11. The Labute approximate surface area is 93.2 Å². The summed E-state index contributed by atoms with van der Waals surface area (Å²) < 4.78 is 4.85. The van der Waals surface area contributed by atoms with Gasteiger partial charge in [-0.05, 0) is 13.8 Å². The minimum Gasteiger partial charge on any atom is -0.392 e. The minimum atomic E-state index is -0.307. The number of amides is 1. The SMILES string of the molecule is Cc1cc(C(=O)N(C)C(C)C(N)=S)on1. The van der Waals surface area contributed by atoms with Gasteiger partial charge in [0.2, 0.25) is 5.76 Å². The zero-order valence-corrected chi connectivity index (χ0v) is 9.67. The lowest BCUT2D eigenvalue weighted by Gasteiger charge is -2.22. The number of nitrogens with two attached hydrogens (primary N) is 1. The molecule has 0 aliphatic carbocycles. The Kier molecular flexibility index (Phi) is 3.41. The van der Waals surface area contributed by atoms with Crippen molar-refractivity contribution in [1.29, 1.82) is 0 Å². The van der Waals surface area contributed by atoms with Gasteiger partial charge in [-0.1, -0.05) is 17.4 Å². The first-order valence-corrected chi connectivity index (χ1v) is 4.84. The van der Waals surface area contributed by atoms with Crippen LogP contribution in [0.5, 0.6) is 0 Å². The van der Waals surface area contributed by atoms with Crippen molar-refractivity contribution in [3.8, 4) is 0 Å². The molecule has 0 spiro atoms. The molecule has 1 aromatic rings. The molecule has 0 radical (unpaired) electrons. The van der Waals surface area contributed by atoms with Crippen LogP contribution in [-0.2, 0) is 0 Å². The monoisotopic (exact) mass is 227 g/mol. The van der Waals surface area contributed by atoms with E-state index in [1.165, 1.54) is 4.90 Å². The molecule has 0 saturated carbocycles. The third kappa shape index (κ3) is 2.53. The second kappa shape index (κ2) is 4.39. The Morgan fingerprint density at radius 3 is 2.73 bits per heavy atom. The molecular formula is C9H13N3O2S. The van der Waals surface area contributed by atoms with Crippen LogP contribution in [0, 0.1) is 6.92 Å². The molecule has 5 nitrogen and oxygen atoms in total. The van der Waals surface area contributed by atoms with Crippen molar-refractivity contribution in [2.45, 2.75) is 19.9 Å². The fourth-order valence-corrected chi connectivity index (χ4v) is 1.16. The first kappa shape index (κ1) is 11.6. The Morgan fingerprint density at radius 1 is 1.73 bits per heavy atom. The van der Waals surface area contributed by atoms with E-state index in [1.54, 1.807) is 27.0 Å². The number of hydrogen-bond donors (Lipinski definition) is 1. The van der Waals surface area contributed by atoms with E-state index in [2.05, 4.69) is 5.16 Å². The molecule has 1 aromatic heterocycles. The molecule has 0 bridgehead atoms. The van der Waals surface area contributed by atoms with Crippen LogP contribution in [0.4, 0.5) is 0 Å². The zero-order valence-electron chi connectivity index (χ0n) is 8.85.